The highest BCUT2D eigenvalue weighted by Crippen LogP contribution is 2.25. The molecular weight excluding hydrogens is 314 g/mol. The zero-order valence-electron chi connectivity index (χ0n) is 15.6. The summed E-state index contributed by atoms with van der Waals surface area (Å²) in [5.41, 5.74) is 2.56. The zero-order chi connectivity index (χ0) is 18.1. The van der Waals surface area contributed by atoms with Gasteiger partial charge in [0, 0.05) is 19.1 Å². The van der Waals surface area contributed by atoms with Gasteiger partial charge < -0.3 is 15.5 Å². The van der Waals surface area contributed by atoms with Crippen LogP contribution in [-0.2, 0) is 16.1 Å². The van der Waals surface area contributed by atoms with Gasteiger partial charge in [0.25, 0.3) is 0 Å². The number of piperazine rings is 1. The normalized spacial score (nSPS) is 26.3. The van der Waals surface area contributed by atoms with Crippen molar-refractivity contribution in [3.8, 4) is 0 Å². The lowest BCUT2D eigenvalue weighted by Gasteiger charge is -2.36. The van der Waals surface area contributed by atoms with E-state index < -0.39 is 0 Å². The first kappa shape index (κ1) is 17.9. The van der Waals surface area contributed by atoms with Crippen LogP contribution >= 0.6 is 0 Å². The van der Waals surface area contributed by atoms with Crippen molar-refractivity contribution in [1.29, 1.82) is 0 Å². The number of benzene rings is 1. The maximum Gasteiger partial charge on any atom is 0.246 e. The molecular formula is C20H29N3O2. The van der Waals surface area contributed by atoms with Crippen LogP contribution in [0.4, 0.5) is 0 Å². The third-order valence-corrected chi connectivity index (χ3v) is 5.36. The van der Waals surface area contributed by atoms with Gasteiger partial charge in [0.2, 0.25) is 11.8 Å². The molecule has 2 heterocycles. The number of hydrogen-bond acceptors (Lipinski definition) is 3. The minimum absolute atomic E-state index is 0.0103. The van der Waals surface area contributed by atoms with E-state index in [4.69, 9.17) is 0 Å². The number of nitrogens with one attached hydrogen (secondary N) is 2. The first-order chi connectivity index (χ1) is 11.9. The van der Waals surface area contributed by atoms with Crippen molar-refractivity contribution in [3.05, 3.63) is 35.4 Å². The molecule has 136 valence electrons. The van der Waals surface area contributed by atoms with Crippen molar-refractivity contribution in [2.45, 2.75) is 64.7 Å². The largest absolute Gasteiger partial charge is 0.342 e. The van der Waals surface area contributed by atoms with Crippen LogP contribution in [0.15, 0.2) is 24.3 Å². The minimum Gasteiger partial charge on any atom is -0.342 e. The molecule has 2 amide bonds. The van der Waals surface area contributed by atoms with Crippen LogP contribution in [0, 0.1) is 5.92 Å². The number of carbonyl (C=O) groups is 2. The van der Waals surface area contributed by atoms with Gasteiger partial charge in [0.05, 0.1) is 0 Å². The Bertz CT molecular complexity index is 639. The molecule has 0 aromatic heterocycles. The van der Waals surface area contributed by atoms with E-state index in [1.165, 1.54) is 11.1 Å². The molecule has 0 spiro atoms. The summed E-state index contributed by atoms with van der Waals surface area (Å²) in [4.78, 5) is 26.7. The Morgan fingerprint density at radius 3 is 2.44 bits per heavy atom. The Labute approximate surface area is 150 Å². The Hall–Kier alpha value is -1.88. The van der Waals surface area contributed by atoms with E-state index in [0.29, 0.717) is 18.9 Å². The monoisotopic (exact) mass is 343 g/mol. The Morgan fingerprint density at radius 2 is 1.84 bits per heavy atom. The summed E-state index contributed by atoms with van der Waals surface area (Å²) >= 11 is 0. The predicted molar refractivity (Wildman–Crippen MR) is 98.0 cm³/mol. The molecule has 0 radical (unpaired) electrons. The maximum absolute atomic E-state index is 12.6. The molecule has 2 fully saturated rings. The highest BCUT2D eigenvalue weighted by molar-refractivity contribution is 5.97. The summed E-state index contributed by atoms with van der Waals surface area (Å²) in [6.07, 6.45) is 0.687. The van der Waals surface area contributed by atoms with Gasteiger partial charge in [-0.25, -0.2) is 0 Å². The van der Waals surface area contributed by atoms with Crippen LogP contribution in [0.2, 0.25) is 0 Å². The fourth-order valence-electron chi connectivity index (χ4n) is 3.70. The maximum atomic E-state index is 12.6. The second kappa shape index (κ2) is 7.16. The smallest absolute Gasteiger partial charge is 0.246 e. The molecule has 5 nitrogen and oxygen atoms in total. The average Bonchev–Trinajstić information content (AvgIpc) is 3.01. The molecule has 0 unspecified atom stereocenters. The third-order valence-electron chi connectivity index (χ3n) is 5.36. The summed E-state index contributed by atoms with van der Waals surface area (Å²) in [5.74, 6) is 0.698. The second-order valence-electron chi connectivity index (χ2n) is 7.95. The molecule has 0 aliphatic carbocycles. The highest BCUT2D eigenvalue weighted by Gasteiger charge is 2.46. The van der Waals surface area contributed by atoms with E-state index >= 15 is 0 Å². The topological polar surface area (TPSA) is 61.4 Å². The molecule has 2 saturated heterocycles. The lowest BCUT2D eigenvalue weighted by molar-refractivity contribution is -0.148. The van der Waals surface area contributed by atoms with Crippen molar-refractivity contribution in [2.75, 3.05) is 6.54 Å². The van der Waals surface area contributed by atoms with Gasteiger partial charge in [-0.1, -0.05) is 52.0 Å². The first-order valence-corrected chi connectivity index (χ1v) is 9.30. The average molecular weight is 343 g/mol. The standard InChI is InChI=1S/C20H29N3O2/c1-12(2)15-7-5-14(6-8-15)10-21-16-9-17-19(24)22-18(13(3)4)20(25)23(17)11-16/h5-8,12-13,16-18,21H,9-11H2,1-4H3,(H,22,24)/t16-,17-,18-/m0/s1. The van der Waals surface area contributed by atoms with Crippen molar-refractivity contribution in [2.24, 2.45) is 5.92 Å². The van der Waals surface area contributed by atoms with Gasteiger partial charge in [0.15, 0.2) is 0 Å². The molecule has 2 aliphatic heterocycles. The number of fused-ring (bicyclic) bond motifs is 1. The van der Waals surface area contributed by atoms with Crippen LogP contribution in [0.25, 0.3) is 0 Å². The molecule has 1 aromatic rings. The van der Waals surface area contributed by atoms with Crippen LogP contribution in [0.1, 0.15) is 51.2 Å². The third kappa shape index (κ3) is 3.71. The van der Waals surface area contributed by atoms with Gasteiger partial charge in [-0.15, -0.1) is 0 Å². The quantitative estimate of drug-likeness (QED) is 0.860. The molecule has 0 saturated carbocycles. The van der Waals surface area contributed by atoms with E-state index in [2.05, 4.69) is 48.7 Å². The van der Waals surface area contributed by atoms with Gasteiger partial charge in [-0.2, -0.15) is 0 Å². The van der Waals surface area contributed by atoms with Crippen molar-refractivity contribution >= 4 is 11.8 Å². The van der Waals surface area contributed by atoms with Gasteiger partial charge in [-0.05, 0) is 29.4 Å². The van der Waals surface area contributed by atoms with Crippen molar-refractivity contribution < 1.29 is 9.59 Å². The van der Waals surface area contributed by atoms with Crippen LogP contribution in [0.3, 0.4) is 0 Å². The van der Waals surface area contributed by atoms with Gasteiger partial charge in [0.1, 0.15) is 12.1 Å². The molecule has 2 N–H and O–H groups in total. The SMILES string of the molecule is CC(C)c1ccc(CN[C@H]2C[C@H]3C(=O)N[C@@H](C(C)C)C(=O)N3C2)cc1. The van der Waals surface area contributed by atoms with Crippen LogP contribution in [-0.4, -0.2) is 41.4 Å². The molecule has 3 atom stereocenters. The van der Waals surface area contributed by atoms with E-state index in [0.717, 1.165) is 6.54 Å². The van der Waals surface area contributed by atoms with Crippen molar-refractivity contribution in [1.82, 2.24) is 15.5 Å². The Balaban J connectivity index is 1.59. The second-order valence-corrected chi connectivity index (χ2v) is 7.95. The number of nitrogens with zero attached hydrogens (tertiary/aromatic N) is 1. The Kier molecular flexibility index (Phi) is 5.13. The summed E-state index contributed by atoms with van der Waals surface area (Å²) < 4.78 is 0. The lowest BCUT2D eigenvalue weighted by atomic mass is 9.98. The van der Waals surface area contributed by atoms with E-state index in [1.54, 1.807) is 4.90 Å². The number of amides is 2. The van der Waals surface area contributed by atoms with E-state index in [9.17, 15) is 9.59 Å². The highest BCUT2D eigenvalue weighted by atomic mass is 16.2. The van der Waals surface area contributed by atoms with Gasteiger partial charge in [-0.3, -0.25) is 9.59 Å². The molecule has 0 bridgehead atoms. The van der Waals surface area contributed by atoms with E-state index in [1.807, 2.05) is 13.8 Å². The number of carbonyl (C=O) groups excluding carboxylic acids is 2. The van der Waals surface area contributed by atoms with E-state index in [-0.39, 0.29) is 35.9 Å². The molecule has 25 heavy (non-hydrogen) atoms. The Morgan fingerprint density at radius 1 is 1.16 bits per heavy atom. The minimum atomic E-state index is -0.383. The fraction of sp³-hybridized carbons (Fsp3) is 0.600. The fourth-order valence-corrected chi connectivity index (χ4v) is 3.70. The first-order valence-electron chi connectivity index (χ1n) is 9.30. The number of rotatable bonds is 5. The molecule has 3 rings (SSSR count). The molecule has 1 aromatic carbocycles. The molecule has 5 heteroatoms. The van der Waals surface area contributed by atoms with Gasteiger partial charge >= 0.3 is 0 Å². The van der Waals surface area contributed by atoms with Crippen molar-refractivity contribution in [3.63, 3.8) is 0 Å². The van der Waals surface area contributed by atoms with Crippen LogP contribution in [0.5, 0.6) is 0 Å². The summed E-state index contributed by atoms with van der Waals surface area (Å²) in [5, 5.41) is 6.40. The lowest BCUT2D eigenvalue weighted by Crippen LogP contribution is -2.62. The summed E-state index contributed by atoms with van der Waals surface area (Å²) in [6.45, 7) is 9.69. The van der Waals surface area contributed by atoms with Crippen LogP contribution < -0.4 is 10.6 Å². The summed E-state index contributed by atoms with van der Waals surface area (Å²) in [6, 6.07) is 8.10. The predicted octanol–water partition coefficient (Wildman–Crippen LogP) is 2.02. The zero-order valence-corrected chi connectivity index (χ0v) is 15.6. The summed E-state index contributed by atoms with van der Waals surface area (Å²) in [7, 11) is 0. The number of hydrogen-bond donors (Lipinski definition) is 2. The molecule has 2 aliphatic rings.